The molecule has 0 aliphatic carbocycles. The van der Waals surface area contributed by atoms with Gasteiger partial charge in [0.05, 0.1) is 18.1 Å². The van der Waals surface area contributed by atoms with Crippen LogP contribution < -0.4 is 19.5 Å². The molecule has 1 N–H and O–H groups in total. The van der Waals surface area contributed by atoms with E-state index in [1.807, 2.05) is 48.7 Å². The van der Waals surface area contributed by atoms with E-state index in [1.54, 1.807) is 36.3 Å². The third-order valence-electron chi connectivity index (χ3n) is 4.55. The monoisotopic (exact) mass is 442 g/mol. The van der Waals surface area contributed by atoms with Crippen molar-refractivity contribution in [1.82, 2.24) is 4.98 Å². The van der Waals surface area contributed by atoms with Crippen LogP contribution in [0.4, 0.5) is 5.69 Å². The summed E-state index contributed by atoms with van der Waals surface area (Å²) in [7, 11) is 1.65. The van der Waals surface area contributed by atoms with Gasteiger partial charge in [-0.15, -0.1) is 23.1 Å². The van der Waals surface area contributed by atoms with E-state index in [0.29, 0.717) is 36.2 Å². The Morgan fingerprint density at radius 2 is 1.97 bits per heavy atom. The van der Waals surface area contributed by atoms with Gasteiger partial charge >= 0.3 is 0 Å². The summed E-state index contributed by atoms with van der Waals surface area (Å²) in [5.74, 6) is 2.81. The first-order valence-corrected chi connectivity index (χ1v) is 11.5. The Labute approximate surface area is 183 Å². The second-order valence-electron chi connectivity index (χ2n) is 6.67. The summed E-state index contributed by atoms with van der Waals surface area (Å²) in [5.41, 5.74) is 2.73. The second-order valence-corrected chi connectivity index (χ2v) is 8.86. The van der Waals surface area contributed by atoms with Crippen LogP contribution >= 0.6 is 23.1 Å². The van der Waals surface area contributed by atoms with Crippen molar-refractivity contribution in [3.63, 3.8) is 0 Å². The number of hydrogen-bond acceptors (Lipinski definition) is 7. The number of amides is 1. The molecular formula is C22H22N2O4S2. The number of carbonyl (C=O) groups excluding carboxylic acids is 1. The molecule has 2 aromatic carbocycles. The molecule has 30 heavy (non-hydrogen) atoms. The van der Waals surface area contributed by atoms with Gasteiger partial charge in [-0.05, 0) is 43.3 Å². The van der Waals surface area contributed by atoms with Gasteiger partial charge in [-0.25, -0.2) is 4.98 Å². The number of benzene rings is 2. The number of fused-ring (bicyclic) bond motifs is 1. The maximum absolute atomic E-state index is 12.6. The predicted molar refractivity (Wildman–Crippen MR) is 121 cm³/mol. The van der Waals surface area contributed by atoms with Crippen LogP contribution in [0.5, 0.6) is 17.2 Å². The van der Waals surface area contributed by atoms with Gasteiger partial charge in [-0.1, -0.05) is 0 Å². The predicted octanol–water partition coefficient (Wildman–Crippen LogP) is 4.85. The average Bonchev–Trinajstić information content (AvgIpc) is 3.26. The maximum atomic E-state index is 12.6. The first kappa shape index (κ1) is 20.6. The zero-order chi connectivity index (χ0) is 20.9. The third kappa shape index (κ3) is 4.88. The molecule has 1 aliphatic heterocycles. The second kappa shape index (κ2) is 9.40. The summed E-state index contributed by atoms with van der Waals surface area (Å²) in [6.07, 6.45) is 0. The highest BCUT2D eigenvalue weighted by molar-refractivity contribution is 7.99. The minimum atomic E-state index is -0.218. The van der Waals surface area contributed by atoms with E-state index < -0.39 is 0 Å². The fraction of sp³-hybridized carbons (Fsp3) is 0.273. The zero-order valence-corrected chi connectivity index (χ0v) is 18.3. The number of thioether (sulfide) groups is 1. The molecule has 1 aliphatic rings. The zero-order valence-electron chi connectivity index (χ0n) is 16.7. The number of nitrogens with one attached hydrogen (secondary N) is 1. The standard InChI is InChI=1S/C22H22N2O4S2/c1-14(21(25)23-16-5-8-19-20(11-16)28-10-9-27-19)29-12-17-13-30-22(24-17)15-3-6-18(26-2)7-4-15/h3-8,11,13-14H,9-10,12H2,1-2H3,(H,23,25). The fourth-order valence-corrected chi connectivity index (χ4v) is 4.60. The van der Waals surface area contributed by atoms with Crippen molar-refractivity contribution in [3.05, 3.63) is 53.5 Å². The first-order chi connectivity index (χ1) is 14.6. The first-order valence-electron chi connectivity index (χ1n) is 9.53. The van der Waals surface area contributed by atoms with E-state index in [0.717, 1.165) is 22.0 Å². The highest BCUT2D eigenvalue weighted by atomic mass is 32.2. The van der Waals surface area contributed by atoms with Crippen LogP contribution in [-0.2, 0) is 10.5 Å². The van der Waals surface area contributed by atoms with Crippen molar-refractivity contribution in [1.29, 1.82) is 0 Å². The van der Waals surface area contributed by atoms with Gasteiger partial charge in [0, 0.05) is 28.5 Å². The van der Waals surface area contributed by atoms with E-state index >= 15 is 0 Å². The molecule has 0 fully saturated rings. The molecule has 0 spiro atoms. The fourth-order valence-electron chi connectivity index (χ4n) is 2.89. The van der Waals surface area contributed by atoms with Gasteiger partial charge in [-0.3, -0.25) is 4.79 Å². The highest BCUT2D eigenvalue weighted by Gasteiger charge is 2.17. The Hall–Kier alpha value is -2.71. The van der Waals surface area contributed by atoms with Gasteiger partial charge in [0.25, 0.3) is 0 Å². The lowest BCUT2D eigenvalue weighted by Crippen LogP contribution is -2.23. The van der Waals surface area contributed by atoms with Crippen LogP contribution in [0.1, 0.15) is 12.6 Å². The Kier molecular flexibility index (Phi) is 6.44. The number of ether oxygens (including phenoxy) is 3. The molecule has 1 aromatic heterocycles. The number of methoxy groups -OCH3 is 1. The number of nitrogens with zero attached hydrogens (tertiary/aromatic N) is 1. The van der Waals surface area contributed by atoms with Crippen LogP contribution in [0.2, 0.25) is 0 Å². The minimum absolute atomic E-state index is 0.0534. The van der Waals surface area contributed by atoms with Crippen molar-refractivity contribution in [2.45, 2.75) is 17.9 Å². The van der Waals surface area contributed by atoms with E-state index in [1.165, 1.54) is 0 Å². The summed E-state index contributed by atoms with van der Waals surface area (Å²) in [5, 5.41) is 5.73. The summed E-state index contributed by atoms with van der Waals surface area (Å²) in [6, 6.07) is 13.3. The number of thiazole rings is 1. The lowest BCUT2D eigenvalue weighted by Gasteiger charge is -2.19. The Morgan fingerprint density at radius 3 is 2.73 bits per heavy atom. The quantitative estimate of drug-likeness (QED) is 0.564. The van der Waals surface area contributed by atoms with E-state index in [-0.39, 0.29) is 11.2 Å². The van der Waals surface area contributed by atoms with Gasteiger partial charge in [0.15, 0.2) is 11.5 Å². The Bertz CT molecular complexity index is 1020. The van der Waals surface area contributed by atoms with Gasteiger partial charge in [0.2, 0.25) is 5.91 Å². The summed E-state index contributed by atoms with van der Waals surface area (Å²) >= 11 is 3.16. The normalized spacial score (nSPS) is 13.5. The highest BCUT2D eigenvalue weighted by Crippen LogP contribution is 2.33. The van der Waals surface area contributed by atoms with Crippen molar-refractivity contribution in [2.24, 2.45) is 0 Å². The van der Waals surface area contributed by atoms with E-state index in [9.17, 15) is 4.79 Å². The Balaban J connectivity index is 1.31. The molecule has 0 radical (unpaired) electrons. The molecule has 1 unspecified atom stereocenters. The molecule has 0 bridgehead atoms. The summed E-state index contributed by atoms with van der Waals surface area (Å²) < 4.78 is 16.3. The van der Waals surface area contributed by atoms with Crippen LogP contribution in [0.25, 0.3) is 10.6 Å². The molecule has 2 heterocycles. The molecule has 8 heteroatoms. The molecule has 1 atom stereocenters. The number of carbonyl (C=O) groups is 1. The minimum Gasteiger partial charge on any atom is -0.497 e. The molecule has 0 saturated carbocycles. The molecule has 1 amide bonds. The van der Waals surface area contributed by atoms with Crippen molar-refractivity contribution in [2.75, 3.05) is 25.6 Å². The van der Waals surface area contributed by atoms with Crippen molar-refractivity contribution >= 4 is 34.7 Å². The summed E-state index contributed by atoms with van der Waals surface area (Å²) in [4.78, 5) is 17.2. The largest absolute Gasteiger partial charge is 0.497 e. The lowest BCUT2D eigenvalue weighted by molar-refractivity contribution is -0.115. The van der Waals surface area contributed by atoms with Gasteiger partial charge in [-0.2, -0.15) is 0 Å². The average molecular weight is 443 g/mol. The van der Waals surface area contributed by atoms with Crippen molar-refractivity contribution in [3.8, 4) is 27.8 Å². The van der Waals surface area contributed by atoms with Crippen molar-refractivity contribution < 1.29 is 19.0 Å². The number of hydrogen-bond donors (Lipinski definition) is 1. The maximum Gasteiger partial charge on any atom is 0.237 e. The molecule has 4 rings (SSSR count). The SMILES string of the molecule is COc1ccc(-c2nc(CSC(C)C(=O)Nc3ccc4c(c3)OCCO4)cs2)cc1. The Morgan fingerprint density at radius 1 is 1.20 bits per heavy atom. The third-order valence-corrected chi connectivity index (χ3v) is 6.67. The van der Waals surface area contributed by atoms with E-state index in [2.05, 4.69) is 5.32 Å². The summed E-state index contributed by atoms with van der Waals surface area (Å²) in [6.45, 7) is 2.96. The smallest absolute Gasteiger partial charge is 0.237 e. The molecule has 0 saturated heterocycles. The lowest BCUT2D eigenvalue weighted by atomic mass is 10.2. The van der Waals surface area contributed by atoms with Gasteiger partial charge < -0.3 is 19.5 Å². The van der Waals surface area contributed by atoms with E-state index in [4.69, 9.17) is 19.2 Å². The molecule has 6 nitrogen and oxygen atoms in total. The van der Waals surface area contributed by atoms with Crippen LogP contribution in [-0.4, -0.2) is 36.5 Å². The number of anilines is 1. The molecule has 156 valence electrons. The number of rotatable bonds is 7. The van der Waals surface area contributed by atoms with Crippen LogP contribution in [0.3, 0.4) is 0 Å². The van der Waals surface area contributed by atoms with Crippen LogP contribution in [0, 0.1) is 0 Å². The molecular weight excluding hydrogens is 420 g/mol. The molecule has 3 aromatic rings. The number of aromatic nitrogens is 1. The van der Waals surface area contributed by atoms with Crippen LogP contribution in [0.15, 0.2) is 47.8 Å². The van der Waals surface area contributed by atoms with Gasteiger partial charge in [0.1, 0.15) is 24.0 Å². The topological polar surface area (TPSA) is 69.7 Å².